The van der Waals surface area contributed by atoms with Crippen LogP contribution in [0.5, 0.6) is 0 Å². The summed E-state index contributed by atoms with van der Waals surface area (Å²) in [6.07, 6.45) is 5.25. The first-order chi connectivity index (χ1) is 12.5. The molecule has 0 aliphatic carbocycles. The molecule has 1 saturated heterocycles. The molecule has 1 amide bonds. The zero-order valence-corrected chi connectivity index (χ0v) is 15.9. The third-order valence-electron chi connectivity index (χ3n) is 4.93. The lowest BCUT2D eigenvalue weighted by atomic mass is 9.81. The monoisotopic (exact) mass is 376 g/mol. The van der Waals surface area contributed by atoms with Gasteiger partial charge in [-0.2, -0.15) is 0 Å². The summed E-state index contributed by atoms with van der Waals surface area (Å²) in [5.74, 6) is 1.28. The van der Waals surface area contributed by atoms with Gasteiger partial charge in [0.25, 0.3) is 5.22 Å². The molecular weight excluding hydrogens is 352 g/mol. The predicted octanol–water partition coefficient (Wildman–Crippen LogP) is 2.62. The largest absolute Gasteiger partial charge is 0.411 e. The van der Waals surface area contributed by atoms with Gasteiger partial charge in [0.15, 0.2) is 0 Å². The fraction of sp³-hybridized carbons (Fsp3) is 0.556. The van der Waals surface area contributed by atoms with Gasteiger partial charge in [0.2, 0.25) is 11.8 Å². The minimum atomic E-state index is -0.673. The Balaban J connectivity index is 1.48. The maximum atomic E-state index is 12.4. The van der Waals surface area contributed by atoms with Crippen LogP contribution in [0.25, 0.3) is 11.5 Å². The number of hydrogen-bond donors (Lipinski definition) is 1. The zero-order chi connectivity index (χ0) is 18.6. The smallest absolute Gasteiger partial charge is 0.276 e. The molecule has 2 aromatic heterocycles. The third kappa shape index (κ3) is 4.42. The van der Waals surface area contributed by atoms with Crippen LogP contribution in [0, 0.1) is 5.92 Å². The van der Waals surface area contributed by atoms with Gasteiger partial charge in [-0.1, -0.05) is 18.7 Å². The molecule has 2 atom stereocenters. The number of aliphatic hydroxyl groups is 1. The average Bonchev–Trinajstić information content (AvgIpc) is 3.11. The van der Waals surface area contributed by atoms with Crippen molar-refractivity contribution in [1.82, 2.24) is 20.1 Å². The maximum Gasteiger partial charge on any atom is 0.276 e. The van der Waals surface area contributed by atoms with Gasteiger partial charge in [0.1, 0.15) is 0 Å². The fourth-order valence-electron chi connectivity index (χ4n) is 3.18. The van der Waals surface area contributed by atoms with Gasteiger partial charge in [-0.05, 0) is 31.9 Å². The van der Waals surface area contributed by atoms with Crippen molar-refractivity contribution >= 4 is 17.7 Å². The number of aromatic nitrogens is 3. The van der Waals surface area contributed by atoms with E-state index in [9.17, 15) is 9.90 Å². The minimum absolute atomic E-state index is 0.111. The second-order valence-corrected chi connectivity index (χ2v) is 7.81. The van der Waals surface area contributed by atoms with E-state index >= 15 is 0 Å². The quantitative estimate of drug-likeness (QED) is 0.775. The van der Waals surface area contributed by atoms with Gasteiger partial charge in [-0.15, -0.1) is 10.2 Å². The van der Waals surface area contributed by atoms with Gasteiger partial charge < -0.3 is 14.4 Å². The molecule has 0 spiro atoms. The van der Waals surface area contributed by atoms with Crippen molar-refractivity contribution in [2.75, 3.05) is 18.8 Å². The molecule has 0 bridgehead atoms. The highest BCUT2D eigenvalue weighted by Crippen LogP contribution is 2.30. The van der Waals surface area contributed by atoms with Crippen molar-refractivity contribution in [2.45, 2.75) is 43.9 Å². The van der Waals surface area contributed by atoms with Crippen molar-refractivity contribution in [3.63, 3.8) is 0 Å². The first-order valence-corrected chi connectivity index (χ1v) is 9.85. The molecular formula is C18H24N4O3S. The van der Waals surface area contributed by atoms with Crippen molar-refractivity contribution in [1.29, 1.82) is 0 Å². The molecule has 7 nitrogen and oxygen atoms in total. The number of nitrogens with zero attached hydrogens (tertiary/aromatic N) is 4. The number of rotatable bonds is 6. The summed E-state index contributed by atoms with van der Waals surface area (Å²) in [6, 6.07) is 3.61. The molecule has 1 aliphatic rings. The molecule has 0 unspecified atom stereocenters. The number of amides is 1. The van der Waals surface area contributed by atoms with E-state index in [1.54, 1.807) is 24.5 Å². The highest BCUT2D eigenvalue weighted by molar-refractivity contribution is 7.99. The molecule has 8 heteroatoms. The Morgan fingerprint density at radius 2 is 2.19 bits per heavy atom. The summed E-state index contributed by atoms with van der Waals surface area (Å²) in [4.78, 5) is 18.3. The van der Waals surface area contributed by atoms with Crippen molar-refractivity contribution in [3.05, 3.63) is 24.5 Å². The molecule has 3 heterocycles. The molecule has 0 saturated carbocycles. The van der Waals surface area contributed by atoms with Crippen LogP contribution in [0.15, 0.2) is 34.2 Å². The second kappa shape index (κ2) is 8.18. The van der Waals surface area contributed by atoms with E-state index in [2.05, 4.69) is 22.1 Å². The fourth-order valence-corrected chi connectivity index (χ4v) is 3.87. The van der Waals surface area contributed by atoms with E-state index in [-0.39, 0.29) is 11.8 Å². The van der Waals surface area contributed by atoms with Gasteiger partial charge >= 0.3 is 0 Å². The first-order valence-electron chi connectivity index (χ1n) is 8.86. The predicted molar refractivity (Wildman–Crippen MR) is 98.5 cm³/mol. The molecule has 1 fully saturated rings. The normalized spacial score (nSPS) is 23.2. The van der Waals surface area contributed by atoms with Crippen molar-refractivity contribution in [3.8, 4) is 11.5 Å². The summed E-state index contributed by atoms with van der Waals surface area (Å²) in [5.41, 5.74) is 0.148. The molecule has 2 aromatic rings. The van der Waals surface area contributed by atoms with E-state index < -0.39 is 5.60 Å². The Hall–Kier alpha value is -1.93. The molecule has 140 valence electrons. The molecule has 1 aliphatic heterocycles. The topological polar surface area (TPSA) is 92.4 Å². The molecule has 26 heavy (non-hydrogen) atoms. The van der Waals surface area contributed by atoms with Crippen LogP contribution >= 0.6 is 11.8 Å². The second-order valence-electron chi connectivity index (χ2n) is 6.76. The Labute approximate surface area is 157 Å². The Bertz CT molecular complexity index is 735. The summed E-state index contributed by atoms with van der Waals surface area (Å²) in [7, 11) is 0. The standard InChI is InChI=1S/C18H24N4O3S/c1-3-14-12-22(10-7-18(14,2)24)15(23)6-11-26-17-21-20-16(25-17)13-4-8-19-9-5-13/h4-5,8-9,14,24H,3,6-7,10-12H2,1-2H3/t14-,18+/m1/s1. The lowest BCUT2D eigenvalue weighted by Gasteiger charge is -2.42. The number of thioether (sulfide) groups is 1. The van der Waals surface area contributed by atoms with Gasteiger partial charge in [-0.3, -0.25) is 9.78 Å². The van der Waals surface area contributed by atoms with Crippen LogP contribution in [0.1, 0.15) is 33.1 Å². The van der Waals surface area contributed by atoms with Crippen LogP contribution in [-0.4, -0.2) is 55.5 Å². The van der Waals surface area contributed by atoms with E-state index in [4.69, 9.17) is 4.42 Å². The minimum Gasteiger partial charge on any atom is -0.411 e. The summed E-state index contributed by atoms with van der Waals surface area (Å²) in [5, 5.41) is 18.9. The third-order valence-corrected chi connectivity index (χ3v) is 5.75. The molecule has 0 aromatic carbocycles. The molecule has 3 rings (SSSR count). The molecule has 1 N–H and O–H groups in total. The first kappa shape index (κ1) is 18.8. The summed E-state index contributed by atoms with van der Waals surface area (Å²) in [6.45, 7) is 5.16. The van der Waals surface area contributed by atoms with Crippen LogP contribution < -0.4 is 0 Å². The van der Waals surface area contributed by atoms with Gasteiger partial charge in [0, 0.05) is 49.1 Å². The summed E-state index contributed by atoms with van der Waals surface area (Å²) >= 11 is 1.38. The Kier molecular flexibility index (Phi) is 5.93. The molecule has 0 radical (unpaired) electrons. The zero-order valence-electron chi connectivity index (χ0n) is 15.1. The van der Waals surface area contributed by atoms with Crippen LogP contribution in [0.4, 0.5) is 0 Å². The van der Waals surface area contributed by atoms with Crippen LogP contribution in [-0.2, 0) is 4.79 Å². The maximum absolute atomic E-state index is 12.4. The highest BCUT2D eigenvalue weighted by Gasteiger charge is 2.37. The number of carbonyl (C=O) groups excluding carboxylic acids is 1. The lowest BCUT2D eigenvalue weighted by molar-refractivity contribution is -0.138. The Morgan fingerprint density at radius 1 is 1.42 bits per heavy atom. The average molecular weight is 376 g/mol. The number of likely N-dealkylation sites (tertiary alicyclic amines) is 1. The van der Waals surface area contributed by atoms with E-state index in [1.807, 2.05) is 11.8 Å². The van der Waals surface area contributed by atoms with E-state index in [1.165, 1.54) is 11.8 Å². The SMILES string of the molecule is CC[C@@H]1CN(C(=O)CCSc2nnc(-c3ccncc3)o2)CC[C@]1(C)O. The van der Waals surface area contributed by atoms with E-state index in [0.717, 1.165) is 12.0 Å². The number of carbonyl (C=O) groups is 1. The van der Waals surface area contributed by atoms with Crippen LogP contribution in [0.3, 0.4) is 0 Å². The Morgan fingerprint density at radius 3 is 2.92 bits per heavy atom. The van der Waals surface area contributed by atoms with Gasteiger partial charge in [-0.25, -0.2) is 0 Å². The number of pyridine rings is 1. The summed E-state index contributed by atoms with van der Waals surface area (Å²) < 4.78 is 5.61. The van der Waals surface area contributed by atoms with E-state index in [0.29, 0.717) is 42.8 Å². The lowest BCUT2D eigenvalue weighted by Crippen LogP contribution is -2.51. The van der Waals surface area contributed by atoms with Crippen molar-refractivity contribution in [2.24, 2.45) is 5.92 Å². The van der Waals surface area contributed by atoms with Crippen LogP contribution in [0.2, 0.25) is 0 Å². The van der Waals surface area contributed by atoms with Gasteiger partial charge in [0.05, 0.1) is 5.60 Å². The number of hydrogen-bond acceptors (Lipinski definition) is 7. The highest BCUT2D eigenvalue weighted by atomic mass is 32.2. The van der Waals surface area contributed by atoms with Crippen molar-refractivity contribution < 1.29 is 14.3 Å². The number of piperidine rings is 1.